The summed E-state index contributed by atoms with van der Waals surface area (Å²) in [5, 5.41) is 20.5. The second kappa shape index (κ2) is 14.5. The molecule has 1 saturated heterocycles. The number of likely N-dealkylation sites (tertiary alicyclic amines) is 1. The van der Waals surface area contributed by atoms with E-state index in [1.165, 1.54) is 12.5 Å². The molecule has 2 fully saturated rings. The molecule has 1 aliphatic carbocycles. The largest absolute Gasteiger partial charge is 0.392 e. The highest BCUT2D eigenvalue weighted by Gasteiger charge is 2.48. The Morgan fingerprint density at radius 1 is 0.651 bits per heavy atom. The van der Waals surface area contributed by atoms with E-state index in [-0.39, 0.29) is 23.5 Å². The Balaban J connectivity index is 0.000000296. The summed E-state index contributed by atoms with van der Waals surface area (Å²) in [6.07, 6.45) is 6.66. The van der Waals surface area contributed by atoms with Crippen LogP contribution in [-0.2, 0) is 25.2 Å². The van der Waals surface area contributed by atoms with Gasteiger partial charge in [0.25, 0.3) is 0 Å². The summed E-state index contributed by atoms with van der Waals surface area (Å²) in [5.74, 6) is -0.0833. The standard InChI is InChI=1S/C26H29NO3S.C8H16O3S/c1-31(29,30)20-25(28)24-18-11-19-27(24)26(21-12-5-2-6-13-21,22-14-7-3-8-15-22)23-16-9-4-10-17-23;1-12(10,11)6-8(9)7-4-2-3-5-7/h2-10,12-17,24-25,28H,11,18-20H2,1H3;7-9H,2-6H2,1H3/t24-,25+;8-/m10/s1. The molecule has 2 aliphatic rings. The molecule has 3 aromatic carbocycles. The lowest BCUT2D eigenvalue weighted by atomic mass is 9.75. The van der Waals surface area contributed by atoms with E-state index in [9.17, 15) is 27.0 Å². The lowest BCUT2D eigenvalue weighted by molar-refractivity contribution is 0.0452. The molecule has 1 heterocycles. The summed E-state index contributed by atoms with van der Waals surface area (Å²) in [7, 11) is -6.31. The van der Waals surface area contributed by atoms with Crippen LogP contribution in [-0.4, -0.2) is 80.8 Å². The Hall–Kier alpha value is -2.56. The summed E-state index contributed by atoms with van der Waals surface area (Å²) in [6.45, 7) is 0.768. The molecule has 5 rings (SSSR count). The molecule has 9 heteroatoms. The summed E-state index contributed by atoms with van der Waals surface area (Å²) in [5.41, 5.74) is 2.67. The number of hydrogen-bond acceptors (Lipinski definition) is 7. The van der Waals surface area contributed by atoms with Gasteiger partial charge in [-0.05, 0) is 48.3 Å². The van der Waals surface area contributed by atoms with Crippen molar-refractivity contribution in [3.05, 3.63) is 108 Å². The van der Waals surface area contributed by atoms with Gasteiger partial charge in [0.05, 0.1) is 29.3 Å². The number of benzene rings is 3. The first-order valence-electron chi connectivity index (χ1n) is 15.1. The second-order valence-corrected chi connectivity index (χ2v) is 16.4. The molecular weight excluding hydrogens is 583 g/mol. The quantitative estimate of drug-likeness (QED) is 0.320. The van der Waals surface area contributed by atoms with Gasteiger partial charge in [-0.2, -0.15) is 0 Å². The zero-order chi connectivity index (χ0) is 31.1. The van der Waals surface area contributed by atoms with Gasteiger partial charge in [-0.15, -0.1) is 0 Å². The molecule has 1 aliphatic heterocycles. The van der Waals surface area contributed by atoms with Crippen LogP contribution in [0.2, 0.25) is 0 Å². The number of aliphatic hydroxyl groups is 2. The molecule has 43 heavy (non-hydrogen) atoms. The average Bonchev–Trinajstić information content (AvgIpc) is 3.68. The Bertz CT molecular complexity index is 1400. The molecule has 1 saturated carbocycles. The van der Waals surface area contributed by atoms with Crippen molar-refractivity contribution in [1.29, 1.82) is 0 Å². The van der Waals surface area contributed by atoms with E-state index in [4.69, 9.17) is 0 Å². The van der Waals surface area contributed by atoms with E-state index >= 15 is 0 Å². The average molecular weight is 628 g/mol. The van der Waals surface area contributed by atoms with Crippen molar-refractivity contribution in [2.45, 2.75) is 62.3 Å². The minimum Gasteiger partial charge on any atom is -0.392 e. The number of nitrogens with zero attached hydrogens (tertiary/aromatic N) is 1. The molecular formula is C34H45NO6S2. The van der Waals surface area contributed by atoms with Crippen LogP contribution in [0.3, 0.4) is 0 Å². The van der Waals surface area contributed by atoms with Gasteiger partial charge in [0.15, 0.2) is 0 Å². The van der Waals surface area contributed by atoms with Gasteiger partial charge in [0.2, 0.25) is 0 Å². The third-order valence-electron chi connectivity index (χ3n) is 8.64. The van der Waals surface area contributed by atoms with Gasteiger partial charge >= 0.3 is 0 Å². The predicted molar refractivity (Wildman–Crippen MR) is 172 cm³/mol. The van der Waals surface area contributed by atoms with Crippen LogP contribution in [0.15, 0.2) is 91.0 Å². The van der Waals surface area contributed by atoms with E-state index in [0.717, 1.165) is 61.8 Å². The molecule has 0 aromatic heterocycles. The molecule has 0 radical (unpaired) electrons. The second-order valence-electron chi connectivity index (χ2n) is 12.1. The van der Waals surface area contributed by atoms with E-state index in [2.05, 4.69) is 41.3 Å². The first-order chi connectivity index (χ1) is 20.4. The number of sulfone groups is 2. The molecule has 0 unspecified atom stereocenters. The SMILES string of the molecule is CS(=O)(=O)C[C@H](O)C1CCCC1.CS(=O)(=O)C[C@H](O)[C@H]1CCCN1C(c1ccccc1)(c1ccccc1)c1ccccc1. The fourth-order valence-corrected chi connectivity index (χ4v) is 8.59. The molecule has 2 N–H and O–H groups in total. The Kier molecular flexibility index (Phi) is 11.2. The predicted octanol–water partition coefficient (Wildman–Crippen LogP) is 4.43. The van der Waals surface area contributed by atoms with Crippen molar-refractivity contribution in [1.82, 2.24) is 4.90 Å². The van der Waals surface area contributed by atoms with E-state index < -0.39 is 37.4 Å². The van der Waals surface area contributed by atoms with Crippen LogP contribution >= 0.6 is 0 Å². The molecule has 7 nitrogen and oxygen atoms in total. The van der Waals surface area contributed by atoms with Crippen LogP contribution in [0.4, 0.5) is 0 Å². The Morgan fingerprint density at radius 3 is 1.44 bits per heavy atom. The Labute approximate surface area is 257 Å². The zero-order valence-electron chi connectivity index (χ0n) is 25.1. The van der Waals surface area contributed by atoms with Gasteiger partial charge in [-0.1, -0.05) is 104 Å². The smallest absolute Gasteiger partial charge is 0.150 e. The highest BCUT2D eigenvalue weighted by atomic mass is 32.2. The maximum absolute atomic E-state index is 12.0. The van der Waals surface area contributed by atoms with Crippen LogP contribution in [0.25, 0.3) is 0 Å². The lowest BCUT2D eigenvalue weighted by Crippen LogP contribution is -2.54. The van der Waals surface area contributed by atoms with E-state index in [1.807, 2.05) is 54.6 Å². The Morgan fingerprint density at radius 2 is 1.05 bits per heavy atom. The zero-order valence-corrected chi connectivity index (χ0v) is 26.8. The van der Waals surface area contributed by atoms with Crippen molar-refractivity contribution < 1.29 is 27.0 Å². The summed E-state index contributed by atoms with van der Waals surface area (Å²) >= 11 is 0. The van der Waals surface area contributed by atoms with Crippen LogP contribution in [0.1, 0.15) is 55.2 Å². The number of rotatable bonds is 10. The minimum atomic E-state index is -3.30. The maximum atomic E-state index is 12.0. The molecule has 0 spiro atoms. The van der Waals surface area contributed by atoms with Crippen LogP contribution in [0.5, 0.6) is 0 Å². The third kappa shape index (κ3) is 8.54. The molecule has 3 atom stereocenters. The highest BCUT2D eigenvalue weighted by Crippen LogP contribution is 2.46. The minimum absolute atomic E-state index is 0.0718. The topological polar surface area (TPSA) is 112 Å². The van der Waals surface area contributed by atoms with Crippen molar-refractivity contribution in [2.24, 2.45) is 5.92 Å². The molecule has 234 valence electrons. The van der Waals surface area contributed by atoms with Crippen LogP contribution in [0, 0.1) is 5.92 Å². The first-order valence-corrected chi connectivity index (χ1v) is 19.2. The fraction of sp³-hybridized carbons (Fsp3) is 0.471. The fourth-order valence-electron chi connectivity index (χ4n) is 6.85. The third-order valence-corrected chi connectivity index (χ3v) is 10.5. The van der Waals surface area contributed by atoms with E-state index in [0.29, 0.717) is 0 Å². The van der Waals surface area contributed by atoms with Gasteiger partial charge in [0, 0.05) is 25.1 Å². The van der Waals surface area contributed by atoms with Gasteiger partial charge in [0.1, 0.15) is 19.7 Å². The van der Waals surface area contributed by atoms with Gasteiger partial charge < -0.3 is 10.2 Å². The van der Waals surface area contributed by atoms with Crippen molar-refractivity contribution in [2.75, 3.05) is 30.6 Å². The first kappa shape index (κ1) is 33.3. The monoisotopic (exact) mass is 627 g/mol. The summed E-state index contributed by atoms with van der Waals surface area (Å²) < 4.78 is 45.6. The number of aliphatic hydroxyl groups excluding tert-OH is 2. The maximum Gasteiger partial charge on any atom is 0.150 e. The molecule has 0 amide bonds. The summed E-state index contributed by atoms with van der Waals surface area (Å²) in [6, 6.07) is 30.7. The van der Waals surface area contributed by atoms with Crippen molar-refractivity contribution in [3.63, 3.8) is 0 Å². The van der Waals surface area contributed by atoms with Crippen molar-refractivity contribution >= 4 is 19.7 Å². The number of hydrogen-bond donors (Lipinski definition) is 2. The van der Waals surface area contributed by atoms with Gasteiger partial charge in [-0.25, -0.2) is 16.8 Å². The highest BCUT2D eigenvalue weighted by molar-refractivity contribution is 7.90. The van der Waals surface area contributed by atoms with E-state index in [1.54, 1.807) is 0 Å². The normalized spacial score (nSPS) is 19.9. The van der Waals surface area contributed by atoms with Crippen LogP contribution < -0.4 is 0 Å². The lowest BCUT2D eigenvalue weighted by Gasteiger charge is -2.47. The molecule has 0 bridgehead atoms. The van der Waals surface area contributed by atoms with Crippen molar-refractivity contribution in [3.8, 4) is 0 Å². The molecule has 3 aromatic rings. The summed E-state index contributed by atoms with van der Waals surface area (Å²) in [4.78, 5) is 2.32. The van der Waals surface area contributed by atoms with Gasteiger partial charge in [-0.3, -0.25) is 4.90 Å².